The van der Waals surface area contributed by atoms with Crippen LogP contribution in [0.15, 0.2) is 0 Å². The molecule has 1 atom stereocenters. The molecule has 0 saturated carbocycles. The average Bonchev–Trinajstić information content (AvgIpc) is 2.32. The zero-order valence-corrected chi connectivity index (χ0v) is 10.1. The number of carbonyl (C=O) groups is 4. The molecule has 7 heteroatoms. The van der Waals surface area contributed by atoms with Crippen molar-refractivity contribution in [2.45, 2.75) is 6.92 Å². The van der Waals surface area contributed by atoms with Crippen molar-refractivity contribution in [3.05, 3.63) is 0 Å². The molecule has 0 spiro atoms. The summed E-state index contributed by atoms with van der Waals surface area (Å²) in [6.07, 6.45) is 0. The predicted molar refractivity (Wildman–Crippen MR) is 55.6 cm³/mol. The topological polar surface area (TPSA) is 84.0 Å². The third kappa shape index (κ3) is 2.00. The predicted octanol–water partition coefficient (Wildman–Crippen LogP) is -0.538. The van der Waals surface area contributed by atoms with E-state index >= 15 is 0 Å². The normalized spacial score (nSPS) is 19.6. The molecule has 0 aromatic heterocycles. The van der Waals surface area contributed by atoms with Gasteiger partial charge >= 0.3 is 12.0 Å². The molecule has 1 fully saturated rings. The van der Waals surface area contributed by atoms with Crippen LogP contribution in [0.1, 0.15) is 6.92 Å². The largest absolute Gasteiger partial charge is 0.469 e. The number of imide groups is 2. The Morgan fingerprint density at radius 1 is 1.18 bits per heavy atom. The number of ether oxygens (including phenoxy) is 1. The van der Waals surface area contributed by atoms with E-state index in [9.17, 15) is 19.2 Å². The van der Waals surface area contributed by atoms with Gasteiger partial charge in [0.05, 0.1) is 13.0 Å². The highest BCUT2D eigenvalue weighted by Gasteiger charge is 2.47. The summed E-state index contributed by atoms with van der Waals surface area (Å²) in [4.78, 5) is 48.1. The van der Waals surface area contributed by atoms with Gasteiger partial charge in [-0.3, -0.25) is 24.2 Å². The van der Waals surface area contributed by atoms with Crippen molar-refractivity contribution in [1.82, 2.24) is 9.80 Å². The van der Waals surface area contributed by atoms with Crippen LogP contribution in [-0.4, -0.2) is 54.8 Å². The van der Waals surface area contributed by atoms with Crippen LogP contribution in [-0.2, 0) is 19.1 Å². The number of rotatable bonds is 2. The van der Waals surface area contributed by atoms with Crippen molar-refractivity contribution in [2.24, 2.45) is 11.8 Å². The quantitative estimate of drug-likeness (QED) is 0.479. The van der Waals surface area contributed by atoms with Gasteiger partial charge in [-0.1, -0.05) is 6.92 Å². The molecular weight excluding hydrogens is 228 g/mol. The Labute approximate surface area is 98.3 Å². The van der Waals surface area contributed by atoms with Crippen molar-refractivity contribution in [3.63, 3.8) is 0 Å². The summed E-state index contributed by atoms with van der Waals surface area (Å²) in [6, 6.07) is -0.701. The fourth-order valence-electron chi connectivity index (χ4n) is 1.69. The second kappa shape index (κ2) is 4.52. The average molecular weight is 242 g/mol. The summed E-state index contributed by atoms with van der Waals surface area (Å²) in [5.41, 5.74) is 0. The molecule has 0 radical (unpaired) electrons. The number of hydrogen-bond donors (Lipinski definition) is 0. The molecule has 17 heavy (non-hydrogen) atoms. The molecule has 0 unspecified atom stereocenters. The van der Waals surface area contributed by atoms with Crippen LogP contribution in [0.25, 0.3) is 0 Å². The van der Waals surface area contributed by atoms with E-state index in [0.717, 1.165) is 9.80 Å². The van der Waals surface area contributed by atoms with Crippen molar-refractivity contribution in [1.29, 1.82) is 0 Å². The number of barbiturate groups is 1. The Bertz CT molecular complexity index is 368. The van der Waals surface area contributed by atoms with Crippen LogP contribution in [0.3, 0.4) is 0 Å². The third-order valence-electron chi connectivity index (χ3n) is 2.84. The summed E-state index contributed by atoms with van der Waals surface area (Å²) in [5.74, 6) is -4.15. The van der Waals surface area contributed by atoms with Crippen LogP contribution in [0.4, 0.5) is 4.79 Å². The summed E-state index contributed by atoms with van der Waals surface area (Å²) >= 11 is 0. The Hall–Kier alpha value is -1.92. The number of hydrogen-bond acceptors (Lipinski definition) is 5. The highest BCUT2D eigenvalue weighted by molar-refractivity contribution is 6.17. The molecule has 7 nitrogen and oxygen atoms in total. The number of urea groups is 1. The SMILES string of the molecule is COC(=O)[C@@H](C)C1C(=O)N(C)C(=O)N(C)C1=O. The second-order valence-electron chi connectivity index (χ2n) is 3.87. The second-order valence-corrected chi connectivity index (χ2v) is 3.87. The molecule has 0 aromatic rings. The molecule has 1 rings (SSSR count). The minimum absolute atomic E-state index is 0.659. The molecule has 1 saturated heterocycles. The lowest BCUT2D eigenvalue weighted by Gasteiger charge is -2.34. The lowest BCUT2D eigenvalue weighted by Crippen LogP contribution is -2.59. The summed E-state index contributed by atoms with van der Waals surface area (Å²) in [6.45, 7) is 1.42. The fraction of sp³-hybridized carbons (Fsp3) is 0.600. The first-order chi connectivity index (χ1) is 7.82. The molecule has 0 aliphatic carbocycles. The van der Waals surface area contributed by atoms with Gasteiger partial charge in [-0.05, 0) is 0 Å². The van der Waals surface area contributed by atoms with Crippen LogP contribution >= 0.6 is 0 Å². The zero-order chi connectivity index (χ0) is 13.3. The van der Waals surface area contributed by atoms with Gasteiger partial charge in [0.2, 0.25) is 11.8 Å². The molecule has 0 aromatic carbocycles. The molecule has 0 N–H and O–H groups in total. The van der Waals surface area contributed by atoms with Crippen LogP contribution in [0.2, 0.25) is 0 Å². The molecule has 94 valence electrons. The van der Waals surface area contributed by atoms with Crippen molar-refractivity contribution in [3.8, 4) is 0 Å². The van der Waals surface area contributed by atoms with Gasteiger partial charge in [-0.25, -0.2) is 4.79 Å². The van der Waals surface area contributed by atoms with Gasteiger partial charge in [-0.15, -0.1) is 0 Å². The molecular formula is C10H14N2O5. The minimum atomic E-state index is -1.20. The van der Waals surface area contributed by atoms with E-state index in [1.54, 1.807) is 0 Å². The lowest BCUT2D eigenvalue weighted by molar-refractivity contribution is -0.159. The Morgan fingerprint density at radius 3 is 1.94 bits per heavy atom. The van der Waals surface area contributed by atoms with Crippen molar-refractivity contribution in [2.75, 3.05) is 21.2 Å². The van der Waals surface area contributed by atoms with Gasteiger partial charge in [-0.2, -0.15) is 0 Å². The Morgan fingerprint density at radius 2 is 1.59 bits per heavy atom. The maximum Gasteiger partial charge on any atom is 0.332 e. The van der Waals surface area contributed by atoms with E-state index in [4.69, 9.17) is 0 Å². The van der Waals surface area contributed by atoms with Gasteiger partial charge in [0.1, 0.15) is 5.92 Å². The third-order valence-corrected chi connectivity index (χ3v) is 2.84. The summed E-state index contributed by atoms with van der Waals surface area (Å²) in [7, 11) is 3.71. The maximum absolute atomic E-state index is 11.8. The van der Waals surface area contributed by atoms with Crippen molar-refractivity contribution < 1.29 is 23.9 Å². The fourth-order valence-corrected chi connectivity index (χ4v) is 1.69. The highest BCUT2D eigenvalue weighted by Crippen LogP contribution is 2.23. The molecule has 1 heterocycles. The summed E-state index contributed by atoms with van der Waals surface area (Å²) < 4.78 is 4.49. The first-order valence-corrected chi connectivity index (χ1v) is 4.99. The van der Waals surface area contributed by atoms with E-state index in [1.165, 1.54) is 28.1 Å². The standard InChI is InChI=1S/C10H14N2O5/c1-5(9(15)17-4)6-7(13)11(2)10(16)12(3)8(6)14/h5-6H,1-4H3/t5-/m0/s1. The van der Waals surface area contributed by atoms with E-state index in [-0.39, 0.29) is 0 Å². The van der Waals surface area contributed by atoms with Gasteiger partial charge in [0.25, 0.3) is 0 Å². The summed E-state index contributed by atoms with van der Waals surface area (Å²) in [5, 5.41) is 0. The minimum Gasteiger partial charge on any atom is -0.469 e. The van der Waals surface area contributed by atoms with Gasteiger partial charge in [0.15, 0.2) is 0 Å². The Balaban J connectivity index is 3.06. The number of amides is 4. The van der Waals surface area contributed by atoms with Crippen LogP contribution in [0, 0.1) is 11.8 Å². The highest BCUT2D eigenvalue weighted by atomic mass is 16.5. The molecule has 1 aliphatic rings. The first-order valence-electron chi connectivity index (χ1n) is 4.99. The van der Waals surface area contributed by atoms with Crippen molar-refractivity contribution >= 4 is 23.8 Å². The van der Waals surface area contributed by atoms with E-state index in [2.05, 4.69) is 4.74 Å². The van der Waals surface area contributed by atoms with Gasteiger partial charge < -0.3 is 4.74 Å². The maximum atomic E-state index is 11.8. The van der Waals surface area contributed by atoms with Crippen LogP contribution < -0.4 is 0 Å². The number of nitrogens with zero attached hydrogens (tertiary/aromatic N) is 2. The van der Waals surface area contributed by atoms with E-state index in [1.807, 2.05) is 0 Å². The number of esters is 1. The zero-order valence-electron chi connectivity index (χ0n) is 10.1. The first kappa shape index (κ1) is 13.1. The Kier molecular flexibility index (Phi) is 3.50. The van der Waals surface area contributed by atoms with Crippen LogP contribution in [0.5, 0.6) is 0 Å². The molecule has 0 bridgehead atoms. The molecule has 4 amide bonds. The number of methoxy groups -OCH3 is 1. The van der Waals surface area contributed by atoms with Gasteiger partial charge in [0, 0.05) is 14.1 Å². The number of carbonyl (C=O) groups excluding carboxylic acids is 4. The van der Waals surface area contributed by atoms with E-state index < -0.39 is 35.7 Å². The molecule has 1 aliphatic heterocycles. The van der Waals surface area contributed by atoms with E-state index in [0.29, 0.717) is 0 Å². The lowest BCUT2D eigenvalue weighted by atomic mass is 9.90. The smallest absolute Gasteiger partial charge is 0.332 e. The monoisotopic (exact) mass is 242 g/mol.